The summed E-state index contributed by atoms with van der Waals surface area (Å²) in [6.45, 7) is 8.94. The van der Waals surface area contributed by atoms with Crippen LogP contribution in [0.1, 0.15) is 55.9 Å². The Morgan fingerprint density at radius 2 is 1.50 bits per heavy atom. The van der Waals surface area contributed by atoms with Crippen LogP contribution in [0.4, 0.5) is 0 Å². The molecule has 0 saturated carbocycles. The van der Waals surface area contributed by atoms with Crippen LogP contribution in [0.5, 0.6) is 5.75 Å². The van der Waals surface area contributed by atoms with Crippen LogP contribution in [-0.4, -0.2) is 16.7 Å². The summed E-state index contributed by atoms with van der Waals surface area (Å²) in [5.41, 5.74) is 10.4. The van der Waals surface area contributed by atoms with Gasteiger partial charge in [-0.1, -0.05) is 45.0 Å². The number of rotatable bonds is 3. The zero-order valence-corrected chi connectivity index (χ0v) is 22.0. The predicted molar refractivity (Wildman–Crippen MR) is 151 cm³/mol. The van der Waals surface area contributed by atoms with Crippen LogP contribution in [0.15, 0.2) is 66.9 Å². The zero-order valence-electron chi connectivity index (χ0n) is 22.0. The van der Waals surface area contributed by atoms with Gasteiger partial charge in [-0.05, 0) is 96.2 Å². The lowest BCUT2D eigenvalue weighted by Gasteiger charge is -2.19. The van der Waals surface area contributed by atoms with E-state index in [4.69, 9.17) is 9.72 Å². The number of benzene rings is 3. The van der Waals surface area contributed by atoms with Gasteiger partial charge in [-0.25, -0.2) is 4.98 Å². The Balaban J connectivity index is 1.53. The summed E-state index contributed by atoms with van der Waals surface area (Å²) < 4.78 is 7.93. The van der Waals surface area contributed by atoms with E-state index in [2.05, 4.69) is 92.9 Å². The van der Waals surface area contributed by atoms with E-state index in [9.17, 15) is 0 Å². The van der Waals surface area contributed by atoms with Crippen LogP contribution in [0.25, 0.3) is 38.8 Å². The predicted octanol–water partition coefficient (Wildman–Crippen LogP) is 8.34. The summed E-state index contributed by atoms with van der Waals surface area (Å²) in [7, 11) is 1.73. The van der Waals surface area contributed by atoms with Crippen molar-refractivity contribution in [1.29, 1.82) is 0 Å². The van der Waals surface area contributed by atoms with Gasteiger partial charge in [-0.15, -0.1) is 0 Å². The standard InChI is InChI=1S/C33H34N2O/c1-21-16-32(34-20-29(21)22-10-12-25(13-11-22)33(2,3)4)35-30-18-24-9-7-6-8-23(24)17-28(30)27-15-14-26(36-5)19-31(27)35/h10-20H,6-9H2,1-5H3. The number of ether oxygens (including phenoxy) is 1. The summed E-state index contributed by atoms with van der Waals surface area (Å²) in [4.78, 5) is 5.02. The van der Waals surface area contributed by atoms with Gasteiger partial charge in [-0.3, -0.25) is 4.57 Å². The summed E-state index contributed by atoms with van der Waals surface area (Å²) in [5, 5.41) is 2.55. The van der Waals surface area contributed by atoms with E-state index < -0.39 is 0 Å². The van der Waals surface area contributed by atoms with Crippen molar-refractivity contribution in [3.63, 3.8) is 0 Å². The number of methoxy groups -OCH3 is 1. The second-order valence-corrected chi connectivity index (χ2v) is 11.2. The molecule has 0 saturated heterocycles. The molecule has 1 aliphatic carbocycles. The normalized spacial score (nSPS) is 13.8. The molecule has 0 aliphatic heterocycles. The summed E-state index contributed by atoms with van der Waals surface area (Å²) in [6.07, 6.45) is 6.92. The Hall–Kier alpha value is -3.59. The van der Waals surface area contributed by atoms with Crippen molar-refractivity contribution in [3.8, 4) is 22.7 Å². The number of pyridine rings is 1. The Bertz CT molecular complexity index is 1600. The van der Waals surface area contributed by atoms with E-state index in [0.29, 0.717) is 0 Å². The molecule has 0 bridgehead atoms. The fraction of sp³-hybridized carbons (Fsp3) is 0.303. The quantitative estimate of drug-likeness (QED) is 0.263. The molecule has 2 aromatic heterocycles. The highest BCUT2D eigenvalue weighted by Crippen LogP contribution is 2.38. The van der Waals surface area contributed by atoms with Crippen LogP contribution < -0.4 is 4.74 Å². The summed E-state index contributed by atoms with van der Waals surface area (Å²) in [6, 6.07) is 22.4. The van der Waals surface area contributed by atoms with E-state index in [-0.39, 0.29) is 5.41 Å². The van der Waals surface area contributed by atoms with Crippen molar-refractivity contribution in [2.24, 2.45) is 0 Å². The third kappa shape index (κ3) is 3.78. The minimum absolute atomic E-state index is 0.145. The van der Waals surface area contributed by atoms with E-state index in [1.165, 1.54) is 68.9 Å². The molecule has 3 aromatic carbocycles. The molecule has 5 aromatic rings. The monoisotopic (exact) mass is 474 g/mol. The minimum atomic E-state index is 0.145. The molecule has 0 radical (unpaired) electrons. The highest BCUT2D eigenvalue weighted by Gasteiger charge is 2.19. The van der Waals surface area contributed by atoms with Gasteiger partial charge in [0, 0.05) is 28.6 Å². The highest BCUT2D eigenvalue weighted by molar-refractivity contribution is 6.10. The fourth-order valence-corrected chi connectivity index (χ4v) is 5.72. The van der Waals surface area contributed by atoms with Crippen molar-refractivity contribution in [1.82, 2.24) is 9.55 Å². The van der Waals surface area contributed by atoms with Gasteiger partial charge < -0.3 is 4.74 Å². The third-order valence-electron chi connectivity index (χ3n) is 7.82. The van der Waals surface area contributed by atoms with E-state index >= 15 is 0 Å². The molecule has 1 aliphatic rings. The molecule has 2 heterocycles. The molecule has 0 N–H and O–H groups in total. The molecule has 0 spiro atoms. The highest BCUT2D eigenvalue weighted by atomic mass is 16.5. The van der Waals surface area contributed by atoms with Crippen molar-refractivity contribution in [2.45, 2.75) is 58.8 Å². The van der Waals surface area contributed by atoms with Crippen LogP contribution in [0, 0.1) is 6.92 Å². The summed E-state index contributed by atoms with van der Waals surface area (Å²) >= 11 is 0. The molecule has 3 nitrogen and oxygen atoms in total. The molecular weight excluding hydrogens is 440 g/mol. The first-order valence-electron chi connectivity index (χ1n) is 13.1. The first kappa shape index (κ1) is 22.8. The third-order valence-corrected chi connectivity index (χ3v) is 7.82. The second kappa shape index (κ2) is 8.51. The van der Waals surface area contributed by atoms with Crippen LogP contribution in [0.2, 0.25) is 0 Å². The van der Waals surface area contributed by atoms with Crippen molar-refractivity contribution in [2.75, 3.05) is 7.11 Å². The second-order valence-electron chi connectivity index (χ2n) is 11.2. The molecule has 182 valence electrons. The lowest BCUT2D eigenvalue weighted by Crippen LogP contribution is -2.10. The van der Waals surface area contributed by atoms with Crippen LogP contribution in [-0.2, 0) is 18.3 Å². The number of aromatic nitrogens is 2. The van der Waals surface area contributed by atoms with E-state index in [0.717, 1.165) is 23.5 Å². The maximum Gasteiger partial charge on any atom is 0.137 e. The first-order chi connectivity index (χ1) is 17.3. The lowest BCUT2D eigenvalue weighted by atomic mass is 9.86. The van der Waals surface area contributed by atoms with Gasteiger partial charge in [0.2, 0.25) is 0 Å². The molecule has 0 amide bonds. The molecule has 36 heavy (non-hydrogen) atoms. The maximum atomic E-state index is 5.61. The Morgan fingerprint density at radius 3 is 2.17 bits per heavy atom. The van der Waals surface area contributed by atoms with E-state index in [1.54, 1.807) is 7.11 Å². The van der Waals surface area contributed by atoms with Crippen molar-refractivity contribution in [3.05, 3.63) is 89.1 Å². The summed E-state index contributed by atoms with van der Waals surface area (Å²) in [5.74, 6) is 1.81. The van der Waals surface area contributed by atoms with Gasteiger partial charge in [0.1, 0.15) is 11.6 Å². The van der Waals surface area contributed by atoms with Gasteiger partial charge in [0.05, 0.1) is 18.1 Å². The fourth-order valence-electron chi connectivity index (χ4n) is 5.72. The Kier molecular flexibility index (Phi) is 5.40. The molecular formula is C33H34N2O. The van der Waals surface area contributed by atoms with Crippen LogP contribution >= 0.6 is 0 Å². The SMILES string of the molecule is COc1ccc2c3cc4c(cc3n(-c3cc(C)c(-c5ccc(C(C)(C)C)cc5)cn3)c2c1)CCCC4. The van der Waals surface area contributed by atoms with Gasteiger partial charge in [0.15, 0.2) is 0 Å². The zero-order chi connectivity index (χ0) is 25.0. The minimum Gasteiger partial charge on any atom is -0.497 e. The molecule has 3 heteroatoms. The smallest absolute Gasteiger partial charge is 0.137 e. The average molecular weight is 475 g/mol. The van der Waals surface area contributed by atoms with Crippen LogP contribution in [0.3, 0.4) is 0 Å². The van der Waals surface area contributed by atoms with Gasteiger partial charge >= 0.3 is 0 Å². The van der Waals surface area contributed by atoms with Gasteiger partial charge in [-0.2, -0.15) is 0 Å². The Morgan fingerprint density at radius 1 is 0.806 bits per heavy atom. The number of fused-ring (bicyclic) bond motifs is 4. The number of nitrogens with zero attached hydrogens (tertiary/aromatic N) is 2. The largest absolute Gasteiger partial charge is 0.497 e. The first-order valence-corrected chi connectivity index (χ1v) is 13.1. The maximum absolute atomic E-state index is 5.61. The van der Waals surface area contributed by atoms with Crippen molar-refractivity contribution < 1.29 is 4.74 Å². The lowest BCUT2D eigenvalue weighted by molar-refractivity contribution is 0.415. The van der Waals surface area contributed by atoms with Gasteiger partial charge in [0.25, 0.3) is 0 Å². The molecule has 0 fully saturated rings. The Labute approximate surface area is 213 Å². The van der Waals surface area contributed by atoms with E-state index in [1.807, 2.05) is 6.20 Å². The topological polar surface area (TPSA) is 27.1 Å². The number of aryl methyl sites for hydroxylation is 3. The molecule has 0 atom stereocenters. The average Bonchev–Trinajstić information content (AvgIpc) is 3.19. The number of hydrogen-bond acceptors (Lipinski definition) is 2. The number of hydrogen-bond donors (Lipinski definition) is 0. The molecule has 0 unspecified atom stereocenters. The molecule has 6 rings (SSSR count). The van der Waals surface area contributed by atoms with Crippen molar-refractivity contribution >= 4 is 21.8 Å².